The van der Waals surface area contributed by atoms with Crippen molar-refractivity contribution in [3.05, 3.63) is 22.1 Å². The highest BCUT2D eigenvalue weighted by atomic mass is 32.1. The van der Waals surface area contributed by atoms with Crippen LogP contribution in [-0.2, 0) is 13.0 Å². The molecular weight excluding hydrogens is 240 g/mol. The van der Waals surface area contributed by atoms with Gasteiger partial charge in [0.2, 0.25) is 0 Å². The molecule has 5 heteroatoms. The van der Waals surface area contributed by atoms with Gasteiger partial charge in [-0.1, -0.05) is 13.8 Å². The van der Waals surface area contributed by atoms with Gasteiger partial charge in [0, 0.05) is 16.5 Å². The van der Waals surface area contributed by atoms with E-state index in [4.69, 9.17) is 0 Å². The topological polar surface area (TPSA) is 46.0 Å². The van der Waals surface area contributed by atoms with E-state index in [0.717, 1.165) is 22.1 Å². The molecule has 1 N–H and O–H groups in total. The molecule has 2 heterocycles. The third kappa shape index (κ3) is 2.48. The predicted molar refractivity (Wildman–Crippen MR) is 67.7 cm³/mol. The molecule has 0 saturated heterocycles. The smallest absolute Gasteiger partial charge is 0.152 e. The summed E-state index contributed by atoms with van der Waals surface area (Å²) < 4.78 is 0. The predicted octanol–water partition coefficient (Wildman–Crippen LogP) is 2.96. The summed E-state index contributed by atoms with van der Waals surface area (Å²) in [5.74, 6) is 0.579. The second kappa shape index (κ2) is 5.03. The van der Waals surface area contributed by atoms with E-state index in [1.165, 1.54) is 4.88 Å². The highest BCUT2D eigenvalue weighted by Gasteiger charge is 2.14. The molecule has 0 fully saturated rings. The molecule has 0 spiro atoms. The molecule has 2 rings (SSSR count). The van der Waals surface area contributed by atoms with Gasteiger partial charge in [-0.3, -0.25) is 0 Å². The van der Waals surface area contributed by atoms with E-state index < -0.39 is 0 Å². The molecular formula is C11H14N2OS2. The lowest BCUT2D eigenvalue weighted by molar-refractivity contribution is 0.276. The standard InChI is InChI=1S/C11H14N2OS2/c1-7(2)5-9-8(6-14)13-11(16-9)10-12-3-4-15-10/h3-4,7,14H,5-6H2,1-2H3. The number of aromatic nitrogens is 2. The van der Waals surface area contributed by atoms with Crippen molar-refractivity contribution in [3.8, 4) is 10.0 Å². The zero-order valence-corrected chi connectivity index (χ0v) is 10.9. The van der Waals surface area contributed by atoms with Crippen LogP contribution in [0.4, 0.5) is 0 Å². The van der Waals surface area contributed by atoms with Crippen LogP contribution in [0.1, 0.15) is 24.4 Å². The van der Waals surface area contributed by atoms with Gasteiger partial charge in [0.15, 0.2) is 10.0 Å². The first kappa shape index (κ1) is 11.7. The molecule has 0 aliphatic heterocycles. The maximum atomic E-state index is 9.27. The number of nitrogens with zero attached hydrogens (tertiary/aromatic N) is 2. The van der Waals surface area contributed by atoms with Gasteiger partial charge >= 0.3 is 0 Å². The molecule has 16 heavy (non-hydrogen) atoms. The van der Waals surface area contributed by atoms with Crippen LogP contribution in [-0.4, -0.2) is 15.1 Å². The Balaban J connectivity index is 2.32. The molecule has 0 aliphatic rings. The molecule has 0 aliphatic carbocycles. The molecule has 0 amide bonds. The van der Waals surface area contributed by atoms with E-state index in [2.05, 4.69) is 23.8 Å². The molecule has 2 aromatic heterocycles. The minimum absolute atomic E-state index is 0.0178. The molecule has 0 bridgehead atoms. The summed E-state index contributed by atoms with van der Waals surface area (Å²) in [7, 11) is 0. The number of thiazole rings is 2. The van der Waals surface area contributed by atoms with E-state index in [1.807, 2.05) is 5.38 Å². The van der Waals surface area contributed by atoms with Crippen molar-refractivity contribution in [2.24, 2.45) is 5.92 Å². The highest BCUT2D eigenvalue weighted by molar-refractivity contribution is 7.20. The van der Waals surface area contributed by atoms with Crippen LogP contribution in [0.3, 0.4) is 0 Å². The minimum atomic E-state index is 0.0178. The fourth-order valence-electron chi connectivity index (χ4n) is 1.46. The van der Waals surface area contributed by atoms with Crippen molar-refractivity contribution < 1.29 is 5.11 Å². The Bertz CT molecular complexity index is 449. The van der Waals surface area contributed by atoms with Crippen molar-refractivity contribution in [3.63, 3.8) is 0 Å². The monoisotopic (exact) mass is 254 g/mol. The van der Waals surface area contributed by atoms with Gasteiger partial charge in [-0.2, -0.15) is 0 Å². The fraction of sp³-hybridized carbons (Fsp3) is 0.455. The quantitative estimate of drug-likeness (QED) is 0.912. The van der Waals surface area contributed by atoms with Crippen molar-refractivity contribution in [1.82, 2.24) is 9.97 Å². The second-order valence-electron chi connectivity index (χ2n) is 3.98. The maximum absolute atomic E-state index is 9.27. The van der Waals surface area contributed by atoms with Gasteiger partial charge in [-0.15, -0.1) is 22.7 Å². The van der Waals surface area contributed by atoms with E-state index in [-0.39, 0.29) is 6.61 Å². The van der Waals surface area contributed by atoms with Crippen molar-refractivity contribution in [1.29, 1.82) is 0 Å². The van der Waals surface area contributed by atoms with E-state index in [9.17, 15) is 5.11 Å². The van der Waals surface area contributed by atoms with Crippen LogP contribution in [0, 0.1) is 5.92 Å². The summed E-state index contributed by atoms with van der Waals surface area (Å²) in [6.45, 7) is 4.36. The summed E-state index contributed by atoms with van der Waals surface area (Å²) in [4.78, 5) is 9.86. The molecule has 0 saturated carbocycles. The number of aliphatic hydroxyl groups is 1. The molecule has 0 radical (unpaired) electrons. The van der Waals surface area contributed by atoms with Crippen LogP contribution in [0.25, 0.3) is 10.0 Å². The first-order valence-corrected chi connectivity index (χ1v) is 6.89. The largest absolute Gasteiger partial charge is 0.390 e. The Labute approximate surface area is 103 Å². The van der Waals surface area contributed by atoms with E-state index in [0.29, 0.717) is 5.92 Å². The van der Waals surface area contributed by atoms with E-state index in [1.54, 1.807) is 28.9 Å². The second-order valence-corrected chi connectivity index (χ2v) is 5.96. The zero-order chi connectivity index (χ0) is 11.5. The van der Waals surface area contributed by atoms with Crippen molar-refractivity contribution in [2.75, 3.05) is 0 Å². The molecule has 2 aromatic rings. The van der Waals surface area contributed by atoms with Crippen LogP contribution >= 0.6 is 22.7 Å². The zero-order valence-electron chi connectivity index (χ0n) is 9.30. The first-order chi connectivity index (χ1) is 7.70. The molecule has 86 valence electrons. The average Bonchev–Trinajstić information content (AvgIpc) is 2.83. The van der Waals surface area contributed by atoms with E-state index >= 15 is 0 Å². The summed E-state index contributed by atoms with van der Waals surface area (Å²) in [6, 6.07) is 0. The molecule has 0 aromatic carbocycles. The van der Waals surface area contributed by atoms with Crippen molar-refractivity contribution in [2.45, 2.75) is 26.9 Å². The SMILES string of the molecule is CC(C)Cc1sc(-c2nccs2)nc1CO. The van der Waals surface area contributed by atoms with Gasteiger partial charge in [-0.05, 0) is 12.3 Å². The van der Waals surface area contributed by atoms with Crippen LogP contribution in [0.5, 0.6) is 0 Å². The average molecular weight is 254 g/mol. The first-order valence-electron chi connectivity index (χ1n) is 5.20. The van der Waals surface area contributed by atoms with Crippen molar-refractivity contribution >= 4 is 22.7 Å². The lowest BCUT2D eigenvalue weighted by Gasteiger charge is -2.01. The summed E-state index contributed by atoms with van der Waals surface area (Å²) >= 11 is 3.23. The Morgan fingerprint density at radius 1 is 1.38 bits per heavy atom. The highest BCUT2D eigenvalue weighted by Crippen LogP contribution is 2.30. The molecule has 3 nitrogen and oxygen atoms in total. The lowest BCUT2D eigenvalue weighted by atomic mass is 10.1. The number of aliphatic hydroxyl groups excluding tert-OH is 1. The summed E-state index contributed by atoms with van der Waals surface area (Å²) in [5, 5.41) is 13.1. The Morgan fingerprint density at radius 3 is 2.75 bits per heavy atom. The number of hydrogen-bond acceptors (Lipinski definition) is 5. The molecule has 0 atom stereocenters. The van der Waals surface area contributed by atoms with Gasteiger partial charge in [0.1, 0.15) is 0 Å². The Hall–Kier alpha value is -0.780. The Kier molecular flexibility index (Phi) is 3.68. The van der Waals surface area contributed by atoms with Gasteiger partial charge in [0.05, 0.1) is 12.3 Å². The lowest BCUT2D eigenvalue weighted by Crippen LogP contribution is -1.96. The van der Waals surface area contributed by atoms with Gasteiger partial charge in [0.25, 0.3) is 0 Å². The summed E-state index contributed by atoms with van der Waals surface area (Å²) in [6.07, 6.45) is 2.75. The van der Waals surface area contributed by atoms with Crippen LogP contribution in [0.2, 0.25) is 0 Å². The minimum Gasteiger partial charge on any atom is -0.390 e. The third-order valence-corrected chi connectivity index (χ3v) is 4.17. The Morgan fingerprint density at radius 2 is 2.19 bits per heavy atom. The normalized spacial score (nSPS) is 11.2. The van der Waals surface area contributed by atoms with Crippen LogP contribution in [0.15, 0.2) is 11.6 Å². The molecule has 0 unspecified atom stereocenters. The van der Waals surface area contributed by atoms with Crippen LogP contribution < -0.4 is 0 Å². The number of rotatable bonds is 4. The van der Waals surface area contributed by atoms with Gasteiger partial charge < -0.3 is 5.11 Å². The fourth-order valence-corrected chi connectivity index (χ4v) is 3.42. The van der Waals surface area contributed by atoms with Gasteiger partial charge in [-0.25, -0.2) is 9.97 Å². The summed E-state index contributed by atoms with van der Waals surface area (Å²) in [5.41, 5.74) is 0.809. The maximum Gasteiger partial charge on any atom is 0.152 e. The third-order valence-electron chi connectivity index (χ3n) is 2.14. The number of hydrogen-bond donors (Lipinski definition) is 1.